The zero-order chi connectivity index (χ0) is 20.6. The Morgan fingerprint density at radius 2 is 1.48 bits per heavy atom. The Labute approximate surface area is 178 Å². The molecule has 3 heteroatoms. The van der Waals surface area contributed by atoms with Crippen LogP contribution in [0.5, 0.6) is 0 Å². The van der Waals surface area contributed by atoms with Gasteiger partial charge in [-0.2, -0.15) is 0 Å². The molecule has 1 aliphatic rings. The molecular formula is C26H41NO2. The van der Waals surface area contributed by atoms with Crippen molar-refractivity contribution >= 4 is 0 Å². The Kier molecular flexibility index (Phi) is 12.3. The normalized spacial score (nSPS) is 16.1. The summed E-state index contributed by atoms with van der Waals surface area (Å²) in [6, 6.07) is 10.8. The number of rotatable bonds is 16. The number of aliphatic hydroxyl groups is 1. The van der Waals surface area contributed by atoms with Gasteiger partial charge in [0.25, 0.3) is 0 Å². The predicted octanol–water partition coefficient (Wildman–Crippen LogP) is 6.59. The first-order chi connectivity index (χ1) is 14.3. The summed E-state index contributed by atoms with van der Waals surface area (Å²) < 4.78 is 6.16. The zero-order valence-electron chi connectivity index (χ0n) is 18.4. The highest BCUT2D eigenvalue weighted by molar-refractivity contribution is 5.20. The van der Waals surface area contributed by atoms with Gasteiger partial charge in [0.2, 0.25) is 0 Å². The maximum atomic E-state index is 8.79. The molecule has 0 aliphatic carbocycles. The molecule has 162 valence electrons. The molecule has 0 fully saturated rings. The van der Waals surface area contributed by atoms with Crippen LogP contribution in [-0.4, -0.2) is 29.2 Å². The summed E-state index contributed by atoms with van der Waals surface area (Å²) in [6.45, 7) is 4.35. The topological polar surface area (TPSA) is 32.7 Å². The lowest BCUT2D eigenvalue weighted by Crippen LogP contribution is -2.35. The van der Waals surface area contributed by atoms with Gasteiger partial charge in [-0.25, -0.2) is 0 Å². The molecule has 1 N–H and O–H groups in total. The van der Waals surface area contributed by atoms with Gasteiger partial charge in [-0.1, -0.05) is 88.6 Å². The number of hydrogen-bond acceptors (Lipinski definition) is 3. The van der Waals surface area contributed by atoms with Crippen LogP contribution in [0.1, 0.15) is 83.1 Å². The second kappa shape index (κ2) is 15.1. The molecule has 0 radical (unpaired) electrons. The molecule has 0 saturated carbocycles. The first kappa shape index (κ1) is 23.5. The Morgan fingerprint density at radius 3 is 2.10 bits per heavy atom. The van der Waals surface area contributed by atoms with Crippen LogP contribution in [0.3, 0.4) is 0 Å². The van der Waals surface area contributed by atoms with Gasteiger partial charge >= 0.3 is 0 Å². The number of benzene rings is 1. The van der Waals surface area contributed by atoms with Crippen LogP contribution < -0.4 is 0 Å². The number of allylic oxidation sites excluding steroid dienone is 2. The minimum atomic E-state index is 0.349. The van der Waals surface area contributed by atoms with Crippen molar-refractivity contribution in [2.75, 3.05) is 13.2 Å². The van der Waals surface area contributed by atoms with Crippen LogP contribution in [0, 0.1) is 0 Å². The molecular weight excluding hydrogens is 358 g/mol. The smallest absolute Gasteiger partial charge is 0.119 e. The fraction of sp³-hybridized carbons (Fsp3) is 0.615. The molecule has 0 aromatic heterocycles. The fourth-order valence-corrected chi connectivity index (χ4v) is 4.00. The largest absolute Gasteiger partial charge is 0.491 e. The average molecular weight is 400 g/mol. The van der Waals surface area contributed by atoms with Crippen molar-refractivity contribution in [3.8, 4) is 0 Å². The average Bonchev–Trinajstić information content (AvgIpc) is 2.76. The highest BCUT2D eigenvalue weighted by Crippen LogP contribution is 2.23. The van der Waals surface area contributed by atoms with Crippen LogP contribution in [-0.2, 0) is 11.3 Å². The maximum absolute atomic E-state index is 8.79. The molecule has 2 rings (SSSR count). The van der Waals surface area contributed by atoms with Gasteiger partial charge in [-0.05, 0) is 43.2 Å². The summed E-state index contributed by atoms with van der Waals surface area (Å²) in [4.78, 5) is 2.46. The molecule has 0 bridgehead atoms. The van der Waals surface area contributed by atoms with Crippen molar-refractivity contribution in [2.45, 2.75) is 90.2 Å². The minimum absolute atomic E-state index is 0.349. The van der Waals surface area contributed by atoms with E-state index < -0.39 is 0 Å². The van der Waals surface area contributed by atoms with Crippen molar-refractivity contribution in [1.29, 1.82) is 0 Å². The third-order valence-electron chi connectivity index (χ3n) is 5.73. The molecule has 1 unspecified atom stereocenters. The summed E-state index contributed by atoms with van der Waals surface area (Å²) in [5.41, 5.74) is 1.22. The van der Waals surface area contributed by atoms with Crippen molar-refractivity contribution in [1.82, 2.24) is 4.90 Å². The second-order valence-corrected chi connectivity index (χ2v) is 8.11. The van der Waals surface area contributed by atoms with Gasteiger partial charge in [-0.15, -0.1) is 0 Å². The summed E-state index contributed by atoms with van der Waals surface area (Å²) >= 11 is 0. The third kappa shape index (κ3) is 9.54. The van der Waals surface area contributed by atoms with Crippen molar-refractivity contribution in [3.63, 3.8) is 0 Å². The Morgan fingerprint density at radius 1 is 0.862 bits per heavy atom. The van der Waals surface area contributed by atoms with Crippen LogP contribution in [0.25, 0.3) is 0 Å². The van der Waals surface area contributed by atoms with E-state index in [-0.39, 0.29) is 0 Å². The highest BCUT2D eigenvalue weighted by atomic mass is 16.5. The summed E-state index contributed by atoms with van der Waals surface area (Å²) in [7, 11) is 0. The van der Waals surface area contributed by atoms with E-state index >= 15 is 0 Å². The molecule has 0 saturated heterocycles. The standard InChI is InChI=1S/C26H41NO2/c1-2-25-26(29-23-24-17-12-11-13-18-24)19-16-21-27(25)20-14-9-7-5-3-4-6-8-10-15-22-28/h11-13,16-19,21,25,28H,2-10,14-15,20,22-23H2,1H3. The van der Waals surface area contributed by atoms with Crippen molar-refractivity contribution in [2.24, 2.45) is 0 Å². The number of nitrogens with zero attached hydrogens (tertiary/aromatic N) is 1. The van der Waals surface area contributed by atoms with Crippen LogP contribution in [0.15, 0.2) is 54.4 Å². The molecule has 0 spiro atoms. The van der Waals surface area contributed by atoms with Gasteiger partial charge in [0.05, 0.1) is 6.04 Å². The minimum Gasteiger partial charge on any atom is -0.491 e. The van der Waals surface area contributed by atoms with E-state index in [1.807, 2.05) is 6.07 Å². The van der Waals surface area contributed by atoms with E-state index in [1.165, 1.54) is 63.4 Å². The third-order valence-corrected chi connectivity index (χ3v) is 5.73. The lowest BCUT2D eigenvalue weighted by molar-refractivity contribution is 0.132. The van der Waals surface area contributed by atoms with Crippen molar-refractivity contribution in [3.05, 3.63) is 60.0 Å². The zero-order valence-corrected chi connectivity index (χ0v) is 18.4. The molecule has 3 nitrogen and oxygen atoms in total. The molecule has 1 aliphatic heterocycles. The predicted molar refractivity (Wildman–Crippen MR) is 122 cm³/mol. The van der Waals surface area contributed by atoms with E-state index in [2.05, 4.69) is 54.4 Å². The van der Waals surface area contributed by atoms with Crippen molar-refractivity contribution < 1.29 is 9.84 Å². The Balaban J connectivity index is 1.58. The quantitative estimate of drug-likeness (QED) is 0.318. The molecule has 29 heavy (non-hydrogen) atoms. The molecule has 1 atom stereocenters. The summed E-state index contributed by atoms with van der Waals surface area (Å²) in [6.07, 6.45) is 20.3. The monoisotopic (exact) mass is 399 g/mol. The van der Waals surface area contributed by atoms with Gasteiger partial charge < -0.3 is 14.7 Å². The number of unbranched alkanes of at least 4 members (excludes halogenated alkanes) is 9. The van der Waals surface area contributed by atoms with Gasteiger partial charge in [-0.3, -0.25) is 0 Å². The lowest BCUT2D eigenvalue weighted by atomic mass is 10.0. The number of hydrogen-bond donors (Lipinski definition) is 1. The Bertz CT molecular complexity index is 582. The molecule has 1 aromatic carbocycles. The van der Waals surface area contributed by atoms with E-state index in [9.17, 15) is 0 Å². The maximum Gasteiger partial charge on any atom is 0.119 e. The first-order valence-corrected chi connectivity index (χ1v) is 11.8. The number of aliphatic hydroxyl groups excluding tert-OH is 1. The van der Waals surface area contributed by atoms with Gasteiger partial charge in [0.15, 0.2) is 0 Å². The number of ether oxygens (including phenoxy) is 1. The molecule has 1 heterocycles. The van der Waals surface area contributed by atoms with Crippen LogP contribution in [0.2, 0.25) is 0 Å². The van der Waals surface area contributed by atoms with Gasteiger partial charge in [0, 0.05) is 13.2 Å². The summed E-state index contributed by atoms with van der Waals surface area (Å²) in [5, 5.41) is 8.79. The van der Waals surface area contributed by atoms with E-state index in [0.717, 1.165) is 25.1 Å². The summed E-state index contributed by atoms with van der Waals surface area (Å²) in [5.74, 6) is 1.10. The van der Waals surface area contributed by atoms with Crippen LogP contribution in [0.4, 0.5) is 0 Å². The van der Waals surface area contributed by atoms with E-state index in [1.54, 1.807) is 0 Å². The van der Waals surface area contributed by atoms with E-state index in [4.69, 9.17) is 9.84 Å². The van der Waals surface area contributed by atoms with Crippen LogP contribution >= 0.6 is 0 Å². The lowest BCUT2D eigenvalue weighted by Gasteiger charge is -2.33. The highest BCUT2D eigenvalue weighted by Gasteiger charge is 2.21. The SMILES string of the molecule is CCC1C(OCc2ccccc2)=CC=CN1CCCCCCCCCCCCO. The molecule has 0 amide bonds. The Hall–Kier alpha value is -1.74. The molecule has 1 aromatic rings. The van der Waals surface area contributed by atoms with E-state index in [0.29, 0.717) is 19.3 Å². The fourth-order valence-electron chi connectivity index (χ4n) is 4.00. The first-order valence-electron chi connectivity index (χ1n) is 11.8. The van der Waals surface area contributed by atoms with Gasteiger partial charge in [0.1, 0.15) is 12.4 Å². The second-order valence-electron chi connectivity index (χ2n) is 8.11.